The summed E-state index contributed by atoms with van der Waals surface area (Å²) in [6.45, 7) is 4.18. The number of hydrogen-bond donors (Lipinski definition) is 0. The van der Waals surface area contributed by atoms with Gasteiger partial charge in [-0.3, -0.25) is 0 Å². The average molecular weight is 153 g/mol. The molecule has 1 aromatic heterocycles. The van der Waals surface area contributed by atoms with Crippen LogP contribution in [0.15, 0.2) is 23.4 Å². The Hall–Kier alpha value is -0.500. The van der Waals surface area contributed by atoms with Gasteiger partial charge in [0, 0.05) is 6.20 Å². The highest BCUT2D eigenvalue weighted by Gasteiger charge is 1.90. The highest BCUT2D eigenvalue weighted by Crippen LogP contribution is 2.13. The minimum absolute atomic E-state index is 1.09. The van der Waals surface area contributed by atoms with Crippen LogP contribution in [0.1, 0.15) is 12.5 Å². The smallest absolute Gasteiger partial charge is 0.0959 e. The van der Waals surface area contributed by atoms with E-state index >= 15 is 0 Å². The fraction of sp³-hybridized carbons (Fsp3) is 0.375. The van der Waals surface area contributed by atoms with Gasteiger partial charge in [0.05, 0.1) is 5.03 Å². The molecule has 0 bridgehead atoms. The highest BCUT2D eigenvalue weighted by atomic mass is 32.2. The van der Waals surface area contributed by atoms with Crippen LogP contribution in [0.4, 0.5) is 0 Å². The molecule has 10 heavy (non-hydrogen) atoms. The molecule has 0 spiro atoms. The van der Waals surface area contributed by atoms with E-state index in [0.29, 0.717) is 0 Å². The number of hydrogen-bond acceptors (Lipinski definition) is 2. The van der Waals surface area contributed by atoms with Crippen molar-refractivity contribution in [1.29, 1.82) is 0 Å². The van der Waals surface area contributed by atoms with E-state index in [1.165, 1.54) is 5.56 Å². The average Bonchev–Trinajstić information content (AvgIpc) is 1.95. The number of nitrogens with zero attached hydrogens (tertiary/aromatic N) is 1. The van der Waals surface area contributed by atoms with Gasteiger partial charge in [0.15, 0.2) is 0 Å². The Kier molecular flexibility index (Phi) is 2.75. The van der Waals surface area contributed by atoms with Gasteiger partial charge in [-0.15, -0.1) is 11.8 Å². The van der Waals surface area contributed by atoms with Crippen molar-refractivity contribution in [2.75, 3.05) is 5.75 Å². The van der Waals surface area contributed by atoms with Crippen LogP contribution in [0.3, 0.4) is 0 Å². The molecule has 0 aliphatic carbocycles. The molecular formula is C8H11NS. The van der Waals surface area contributed by atoms with Crippen molar-refractivity contribution in [3.8, 4) is 0 Å². The lowest BCUT2D eigenvalue weighted by Crippen LogP contribution is -1.79. The van der Waals surface area contributed by atoms with E-state index in [9.17, 15) is 0 Å². The first kappa shape index (κ1) is 7.61. The molecule has 0 aliphatic heterocycles. The lowest BCUT2D eigenvalue weighted by atomic mass is 10.3. The van der Waals surface area contributed by atoms with Crippen LogP contribution in [0.2, 0.25) is 0 Å². The van der Waals surface area contributed by atoms with Crippen molar-refractivity contribution in [2.45, 2.75) is 18.9 Å². The van der Waals surface area contributed by atoms with Gasteiger partial charge in [0.25, 0.3) is 0 Å². The van der Waals surface area contributed by atoms with Gasteiger partial charge < -0.3 is 0 Å². The van der Waals surface area contributed by atoms with Crippen LogP contribution < -0.4 is 0 Å². The lowest BCUT2D eigenvalue weighted by Gasteiger charge is -1.95. The Morgan fingerprint density at radius 1 is 1.50 bits per heavy atom. The first-order chi connectivity index (χ1) is 4.83. The summed E-state index contributed by atoms with van der Waals surface area (Å²) in [6.07, 6.45) is 1.90. The van der Waals surface area contributed by atoms with Crippen molar-refractivity contribution < 1.29 is 0 Å². The van der Waals surface area contributed by atoms with E-state index < -0.39 is 0 Å². The van der Waals surface area contributed by atoms with Gasteiger partial charge in [-0.05, 0) is 24.3 Å². The summed E-state index contributed by atoms with van der Waals surface area (Å²) in [5.74, 6) is 1.09. The van der Waals surface area contributed by atoms with E-state index in [2.05, 4.69) is 24.0 Å². The van der Waals surface area contributed by atoms with Crippen LogP contribution in [0.25, 0.3) is 0 Å². The topological polar surface area (TPSA) is 12.9 Å². The van der Waals surface area contributed by atoms with Gasteiger partial charge >= 0.3 is 0 Å². The summed E-state index contributed by atoms with van der Waals surface area (Å²) in [4.78, 5) is 4.23. The van der Waals surface area contributed by atoms with Crippen molar-refractivity contribution in [3.63, 3.8) is 0 Å². The normalized spacial score (nSPS) is 9.80. The molecule has 0 aromatic carbocycles. The van der Waals surface area contributed by atoms with Gasteiger partial charge in [0.1, 0.15) is 0 Å². The maximum atomic E-state index is 4.23. The SMILES string of the molecule is CCSc1ccc(C)cn1. The van der Waals surface area contributed by atoms with Gasteiger partial charge in [-0.2, -0.15) is 0 Å². The maximum absolute atomic E-state index is 4.23. The third kappa shape index (κ3) is 2.03. The van der Waals surface area contributed by atoms with Crippen LogP contribution in [0.5, 0.6) is 0 Å². The predicted molar refractivity (Wildman–Crippen MR) is 45.4 cm³/mol. The van der Waals surface area contributed by atoms with E-state index in [1.807, 2.05) is 13.1 Å². The molecule has 0 amide bonds. The summed E-state index contributed by atoms with van der Waals surface area (Å²) < 4.78 is 0. The predicted octanol–water partition coefficient (Wildman–Crippen LogP) is 2.50. The molecule has 1 aromatic rings. The quantitative estimate of drug-likeness (QED) is 0.605. The zero-order valence-corrected chi connectivity index (χ0v) is 7.11. The van der Waals surface area contributed by atoms with E-state index in [4.69, 9.17) is 0 Å². The molecule has 1 heterocycles. The summed E-state index contributed by atoms with van der Waals surface area (Å²) in [7, 11) is 0. The van der Waals surface area contributed by atoms with Crippen LogP contribution in [-0.4, -0.2) is 10.7 Å². The second kappa shape index (κ2) is 3.62. The molecule has 0 N–H and O–H groups in total. The molecule has 0 radical (unpaired) electrons. The fourth-order valence-electron chi connectivity index (χ4n) is 0.688. The highest BCUT2D eigenvalue weighted by molar-refractivity contribution is 7.99. The van der Waals surface area contributed by atoms with E-state index in [1.54, 1.807) is 11.8 Å². The number of thioether (sulfide) groups is 1. The van der Waals surface area contributed by atoms with Crippen molar-refractivity contribution in [2.24, 2.45) is 0 Å². The molecule has 2 heteroatoms. The Labute approximate surface area is 65.9 Å². The van der Waals surface area contributed by atoms with Crippen LogP contribution in [0, 0.1) is 6.92 Å². The molecule has 0 saturated heterocycles. The first-order valence-electron chi connectivity index (χ1n) is 3.38. The van der Waals surface area contributed by atoms with E-state index in [-0.39, 0.29) is 0 Å². The largest absolute Gasteiger partial charge is 0.250 e. The van der Waals surface area contributed by atoms with Crippen molar-refractivity contribution in [1.82, 2.24) is 4.98 Å². The molecular weight excluding hydrogens is 142 g/mol. The minimum atomic E-state index is 1.09. The van der Waals surface area contributed by atoms with Gasteiger partial charge in [-0.25, -0.2) is 4.98 Å². The molecule has 0 atom stereocenters. The third-order valence-electron chi connectivity index (χ3n) is 1.18. The summed E-state index contributed by atoms with van der Waals surface area (Å²) in [5, 5.41) is 1.12. The Balaban J connectivity index is 2.69. The Morgan fingerprint density at radius 3 is 2.80 bits per heavy atom. The Morgan fingerprint density at radius 2 is 2.30 bits per heavy atom. The summed E-state index contributed by atoms with van der Waals surface area (Å²) in [5.41, 5.74) is 1.22. The number of aromatic nitrogens is 1. The fourth-order valence-corrected chi connectivity index (χ4v) is 1.27. The molecule has 0 unspecified atom stereocenters. The molecule has 0 aliphatic rings. The first-order valence-corrected chi connectivity index (χ1v) is 4.37. The second-order valence-electron chi connectivity index (χ2n) is 2.11. The molecule has 54 valence electrons. The molecule has 0 fully saturated rings. The zero-order valence-electron chi connectivity index (χ0n) is 6.29. The second-order valence-corrected chi connectivity index (χ2v) is 3.39. The third-order valence-corrected chi connectivity index (χ3v) is 2.00. The monoisotopic (exact) mass is 153 g/mol. The number of rotatable bonds is 2. The summed E-state index contributed by atoms with van der Waals surface area (Å²) >= 11 is 1.77. The van der Waals surface area contributed by atoms with Gasteiger partial charge in [-0.1, -0.05) is 13.0 Å². The minimum Gasteiger partial charge on any atom is -0.250 e. The van der Waals surface area contributed by atoms with Gasteiger partial charge in [0.2, 0.25) is 0 Å². The van der Waals surface area contributed by atoms with Crippen molar-refractivity contribution in [3.05, 3.63) is 23.9 Å². The summed E-state index contributed by atoms with van der Waals surface area (Å²) in [6, 6.07) is 4.15. The Bertz CT molecular complexity index is 193. The molecule has 1 nitrogen and oxygen atoms in total. The zero-order chi connectivity index (χ0) is 7.40. The van der Waals surface area contributed by atoms with Crippen LogP contribution in [-0.2, 0) is 0 Å². The van der Waals surface area contributed by atoms with E-state index in [0.717, 1.165) is 10.8 Å². The molecule has 0 saturated carbocycles. The lowest BCUT2D eigenvalue weighted by molar-refractivity contribution is 1.11. The number of aryl methyl sites for hydroxylation is 1. The number of pyridine rings is 1. The maximum Gasteiger partial charge on any atom is 0.0959 e. The van der Waals surface area contributed by atoms with Crippen molar-refractivity contribution >= 4 is 11.8 Å². The van der Waals surface area contributed by atoms with Crippen LogP contribution >= 0.6 is 11.8 Å². The molecule has 1 rings (SSSR count). The standard InChI is InChI=1S/C8H11NS/c1-3-10-8-5-4-7(2)6-9-8/h4-6H,3H2,1-2H3.